The van der Waals surface area contributed by atoms with Crippen LogP contribution in [0.2, 0.25) is 0 Å². The molecule has 2 saturated heterocycles. The Balaban J connectivity index is 1.74. The summed E-state index contributed by atoms with van der Waals surface area (Å²) in [6.07, 6.45) is 4.62. The van der Waals surface area contributed by atoms with Gasteiger partial charge in [-0.25, -0.2) is 0 Å². The molecule has 2 aromatic rings. The summed E-state index contributed by atoms with van der Waals surface area (Å²) in [6, 6.07) is 6.12. The first kappa shape index (κ1) is 19.6. The predicted octanol–water partition coefficient (Wildman–Crippen LogP) is 1.75. The number of aromatic nitrogens is 1. The van der Waals surface area contributed by atoms with E-state index in [-0.39, 0.29) is 18.4 Å². The second-order valence-electron chi connectivity index (χ2n) is 7.22. The molecule has 0 bridgehead atoms. The van der Waals surface area contributed by atoms with E-state index < -0.39 is 0 Å². The van der Waals surface area contributed by atoms with Gasteiger partial charge in [-0.3, -0.25) is 14.5 Å². The summed E-state index contributed by atoms with van der Waals surface area (Å²) < 4.78 is 7.35. The molecule has 0 atom stereocenters. The molecule has 2 aliphatic rings. The number of likely N-dealkylation sites (N-methyl/N-ethyl adjacent to an activating group) is 1. The number of hydrogen-bond acceptors (Lipinski definition) is 4. The van der Waals surface area contributed by atoms with Gasteiger partial charge in [-0.05, 0) is 30.3 Å². The Kier molecular flexibility index (Phi) is 5.38. The number of hydrogen-bond donors (Lipinski definition) is 1. The number of nitrogens with zero attached hydrogens (tertiary/aromatic N) is 3. The number of amides is 2. The summed E-state index contributed by atoms with van der Waals surface area (Å²) >= 11 is 5.17. The Bertz CT molecular complexity index is 1020. The Morgan fingerprint density at radius 3 is 2.72 bits per heavy atom. The Morgan fingerprint density at radius 1 is 1.31 bits per heavy atom. The number of carbonyl (C=O) groups excluding carboxylic acids is 2. The zero-order valence-corrected chi connectivity index (χ0v) is 17.4. The van der Waals surface area contributed by atoms with Crippen molar-refractivity contribution in [3.8, 4) is 0 Å². The van der Waals surface area contributed by atoms with Crippen molar-refractivity contribution in [1.29, 1.82) is 0 Å². The molecule has 0 aliphatic carbocycles. The first-order chi connectivity index (χ1) is 14.0. The number of fused-ring (bicyclic) bond motifs is 1. The van der Waals surface area contributed by atoms with Crippen LogP contribution in [-0.4, -0.2) is 64.6 Å². The maximum Gasteiger partial charge on any atom is 0.276 e. The van der Waals surface area contributed by atoms with E-state index in [0.29, 0.717) is 37.1 Å². The quantitative estimate of drug-likeness (QED) is 0.612. The van der Waals surface area contributed by atoms with Crippen LogP contribution in [0.3, 0.4) is 0 Å². The minimum Gasteiger partial charge on any atom is -0.378 e. The molecule has 0 spiro atoms. The zero-order valence-electron chi connectivity index (χ0n) is 16.6. The van der Waals surface area contributed by atoms with Gasteiger partial charge in [0.2, 0.25) is 5.91 Å². The van der Waals surface area contributed by atoms with Crippen LogP contribution in [0.15, 0.2) is 30.1 Å². The molecule has 8 heteroatoms. The van der Waals surface area contributed by atoms with E-state index in [1.807, 2.05) is 33.9 Å². The summed E-state index contributed by atoms with van der Waals surface area (Å²) in [6.45, 7) is 4.77. The molecule has 1 N–H and O–H groups in total. The van der Waals surface area contributed by atoms with Crippen molar-refractivity contribution in [2.24, 2.45) is 0 Å². The van der Waals surface area contributed by atoms with Crippen LogP contribution in [0, 0.1) is 0 Å². The van der Waals surface area contributed by atoms with Gasteiger partial charge in [0.15, 0.2) is 5.11 Å². The van der Waals surface area contributed by atoms with E-state index in [1.54, 1.807) is 7.05 Å². The molecule has 152 valence electrons. The predicted molar refractivity (Wildman–Crippen MR) is 115 cm³/mol. The molecule has 0 radical (unpaired) electrons. The van der Waals surface area contributed by atoms with Crippen LogP contribution in [-0.2, 0) is 27.3 Å². The van der Waals surface area contributed by atoms with Crippen LogP contribution in [0.1, 0.15) is 18.1 Å². The molecule has 1 aromatic heterocycles. The van der Waals surface area contributed by atoms with Crippen molar-refractivity contribution in [3.05, 3.63) is 41.2 Å². The number of para-hydroxylation sites is 1. The number of thiocarbonyl (C=S) groups is 1. The monoisotopic (exact) mass is 412 g/mol. The highest BCUT2D eigenvalue weighted by atomic mass is 32.1. The fourth-order valence-corrected chi connectivity index (χ4v) is 4.02. The van der Waals surface area contributed by atoms with E-state index in [9.17, 15) is 9.59 Å². The van der Waals surface area contributed by atoms with Crippen molar-refractivity contribution in [3.63, 3.8) is 0 Å². The summed E-state index contributed by atoms with van der Waals surface area (Å²) in [5.41, 5.74) is 3.53. The van der Waals surface area contributed by atoms with Crippen LogP contribution in [0.5, 0.6) is 0 Å². The van der Waals surface area contributed by atoms with Gasteiger partial charge in [-0.15, -0.1) is 0 Å². The Labute approximate surface area is 174 Å². The zero-order chi connectivity index (χ0) is 20.5. The van der Waals surface area contributed by atoms with E-state index >= 15 is 0 Å². The SMILES string of the molecule is CCc1cccc2c(/C=C3\NC(=S)N(C)C3=O)cn(CC(=O)N3CCOCC3)c12. The topological polar surface area (TPSA) is 66.8 Å². The molecule has 3 heterocycles. The number of aryl methyl sites for hydroxylation is 1. The lowest BCUT2D eigenvalue weighted by atomic mass is 10.1. The van der Waals surface area contributed by atoms with Crippen LogP contribution >= 0.6 is 12.2 Å². The van der Waals surface area contributed by atoms with E-state index in [0.717, 1.165) is 22.9 Å². The van der Waals surface area contributed by atoms with Gasteiger partial charge in [0.25, 0.3) is 5.91 Å². The van der Waals surface area contributed by atoms with Gasteiger partial charge in [0.05, 0.1) is 18.7 Å². The fraction of sp³-hybridized carbons (Fsp3) is 0.381. The maximum atomic E-state index is 12.8. The first-order valence-electron chi connectivity index (χ1n) is 9.76. The van der Waals surface area contributed by atoms with E-state index in [2.05, 4.69) is 18.3 Å². The molecule has 2 fully saturated rings. The molecule has 29 heavy (non-hydrogen) atoms. The highest BCUT2D eigenvalue weighted by molar-refractivity contribution is 7.80. The molecule has 0 unspecified atom stereocenters. The van der Waals surface area contributed by atoms with Crippen LogP contribution in [0.25, 0.3) is 17.0 Å². The molecular formula is C21H24N4O3S. The number of morpholine rings is 1. The minimum atomic E-state index is -0.160. The Hall–Kier alpha value is -2.71. The summed E-state index contributed by atoms with van der Waals surface area (Å²) in [5, 5.41) is 4.37. The van der Waals surface area contributed by atoms with E-state index in [1.165, 1.54) is 10.5 Å². The normalized spacial score (nSPS) is 18.8. The largest absolute Gasteiger partial charge is 0.378 e. The maximum absolute atomic E-state index is 12.8. The van der Waals surface area contributed by atoms with Crippen LogP contribution < -0.4 is 5.32 Å². The average molecular weight is 413 g/mol. The van der Waals surface area contributed by atoms with Crippen molar-refractivity contribution in [2.45, 2.75) is 19.9 Å². The van der Waals surface area contributed by atoms with Gasteiger partial charge in [-0.1, -0.05) is 25.1 Å². The summed E-state index contributed by atoms with van der Waals surface area (Å²) in [4.78, 5) is 28.5. The van der Waals surface area contributed by atoms with Gasteiger partial charge >= 0.3 is 0 Å². The number of carbonyl (C=O) groups is 2. The van der Waals surface area contributed by atoms with Crippen molar-refractivity contribution >= 4 is 46.1 Å². The third-order valence-corrected chi connectivity index (χ3v) is 5.82. The lowest BCUT2D eigenvalue weighted by molar-refractivity contribution is -0.135. The minimum absolute atomic E-state index is 0.0753. The number of nitrogens with one attached hydrogen (secondary N) is 1. The molecule has 2 amide bonds. The molecular weight excluding hydrogens is 388 g/mol. The lowest BCUT2D eigenvalue weighted by Gasteiger charge is -2.27. The smallest absolute Gasteiger partial charge is 0.276 e. The second-order valence-corrected chi connectivity index (χ2v) is 7.61. The number of ether oxygens (including phenoxy) is 1. The van der Waals surface area contributed by atoms with Gasteiger partial charge in [0, 0.05) is 37.3 Å². The Morgan fingerprint density at radius 2 is 2.07 bits per heavy atom. The molecule has 4 rings (SSSR count). The van der Waals surface area contributed by atoms with E-state index in [4.69, 9.17) is 17.0 Å². The average Bonchev–Trinajstić information content (AvgIpc) is 3.21. The standard InChI is InChI=1S/C21H24N4O3S/c1-3-14-5-4-6-16-15(11-17-20(27)23(2)21(29)22-17)12-25(19(14)16)13-18(26)24-7-9-28-10-8-24/h4-6,11-12H,3,7-10,13H2,1-2H3,(H,22,29)/b17-11-. The highest BCUT2D eigenvalue weighted by Crippen LogP contribution is 2.28. The molecule has 1 aromatic carbocycles. The first-order valence-corrected chi connectivity index (χ1v) is 10.2. The number of rotatable bonds is 4. The van der Waals surface area contributed by atoms with Crippen molar-refractivity contribution < 1.29 is 14.3 Å². The molecule has 2 aliphatic heterocycles. The van der Waals surface area contributed by atoms with Gasteiger partial charge in [-0.2, -0.15) is 0 Å². The van der Waals surface area contributed by atoms with Gasteiger partial charge < -0.3 is 19.5 Å². The fourth-order valence-electron chi connectivity index (χ4n) is 3.83. The van der Waals surface area contributed by atoms with Crippen LogP contribution in [0.4, 0.5) is 0 Å². The molecule has 7 nitrogen and oxygen atoms in total. The summed E-state index contributed by atoms with van der Waals surface area (Å²) in [5.74, 6) is -0.0850. The summed E-state index contributed by atoms with van der Waals surface area (Å²) in [7, 11) is 1.65. The third kappa shape index (κ3) is 3.65. The third-order valence-electron chi connectivity index (χ3n) is 5.44. The van der Waals surface area contributed by atoms with Crippen molar-refractivity contribution in [1.82, 2.24) is 19.7 Å². The van der Waals surface area contributed by atoms with Gasteiger partial charge in [0.1, 0.15) is 12.2 Å². The highest BCUT2D eigenvalue weighted by Gasteiger charge is 2.27. The lowest BCUT2D eigenvalue weighted by Crippen LogP contribution is -2.42. The second kappa shape index (κ2) is 7.96. The number of benzene rings is 1. The molecule has 0 saturated carbocycles. The van der Waals surface area contributed by atoms with Crippen molar-refractivity contribution in [2.75, 3.05) is 33.4 Å².